The standard InChI is InChI=1S/C20H28F3N3O6S/c21-20(22,23)14-32-18-3-1-17(2-4-18)24-7-9-25(10-8-24)33(29,30)13-19(26(28)15-27)16-5-11-31-12-6-16/h1-4,15-16,19,28H,5-14H2. The number of benzene rings is 1. The SMILES string of the molecule is O=CN(O)C(CS(=O)(=O)N1CCN(c2ccc(OCC(F)(F)F)cc2)CC1)C1CCOCC1. The Morgan fingerprint density at radius 1 is 1.15 bits per heavy atom. The molecule has 1 N–H and O–H groups in total. The minimum Gasteiger partial charge on any atom is -0.484 e. The Bertz CT molecular complexity index is 870. The van der Waals surface area contributed by atoms with Crippen molar-refractivity contribution in [3.63, 3.8) is 0 Å². The van der Waals surface area contributed by atoms with Crippen LogP contribution in [0.5, 0.6) is 5.75 Å². The number of halogens is 3. The third kappa shape index (κ3) is 7.19. The Morgan fingerprint density at radius 2 is 1.76 bits per heavy atom. The van der Waals surface area contributed by atoms with E-state index < -0.39 is 28.8 Å². The van der Waals surface area contributed by atoms with Gasteiger partial charge in [0.25, 0.3) is 0 Å². The van der Waals surface area contributed by atoms with Crippen molar-refractivity contribution in [2.75, 3.05) is 56.7 Å². The van der Waals surface area contributed by atoms with Crippen LogP contribution in [0.1, 0.15) is 12.8 Å². The molecule has 0 aromatic heterocycles. The number of hydrogen-bond acceptors (Lipinski definition) is 7. The van der Waals surface area contributed by atoms with E-state index in [1.807, 2.05) is 4.90 Å². The van der Waals surface area contributed by atoms with Crippen LogP contribution in [0.2, 0.25) is 0 Å². The number of piperazine rings is 1. The Labute approximate surface area is 190 Å². The van der Waals surface area contributed by atoms with Crippen LogP contribution in [0.4, 0.5) is 18.9 Å². The van der Waals surface area contributed by atoms with Crippen molar-refractivity contribution in [3.05, 3.63) is 24.3 Å². The number of sulfonamides is 1. The second-order valence-corrected chi connectivity index (χ2v) is 10.1. The molecule has 1 unspecified atom stereocenters. The number of carbonyl (C=O) groups is 1. The van der Waals surface area contributed by atoms with Gasteiger partial charge in [-0.25, -0.2) is 13.5 Å². The van der Waals surface area contributed by atoms with Crippen LogP contribution >= 0.6 is 0 Å². The summed E-state index contributed by atoms with van der Waals surface area (Å²) in [4.78, 5) is 13.1. The number of nitrogens with zero attached hydrogens (tertiary/aromatic N) is 3. The topological polar surface area (TPSA) is 99.6 Å². The van der Waals surface area contributed by atoms with E-state index in [0.29, 0.717) is 44.2 Å². The quantitative estimate of drug-likeness (QED) is 0.316. The minimum atomic E-state index is -4.41. The number of ether oxygens (including phenoxy) is 2. The van der Waals surface area contributed by atoms with Crippen LogP contribution < -0.4 is 9.64 Å². The minimum absolute atomic E-state index is 0.0974. The molecule has 0 spiro atoms. The lowest BCUT2D eigenvalue weighted by Gasteiger charge is -2.38. The number of hydrogen-bond donors (Lipinski definition) is 1. The van der Waals surface area contributed by atoms with Crippen molar-refractivity contribution in [2.45, 2.75) is 25.1 Å². The molecule has 1 aromatic carbocycles. The molecule has 2 saturated heterocycles. The summed E-state index contributed by atoms with van der Waals surface area (Å²) in [7, 11) is -3.74. The largest absolute Gasteiger partial charge is 0.484 e. The molecule has 33 heavy (non-hydrogen) atoms. The summed E-state index contributed by atoms with van der Waals surface area (Å²) in [6, 6.07) is 5.30. The molecular formula is C20H28F3N3O6S. The molecule has 2 fully saturated rings. The van der Waals surface area contributed by atoms with Gasteiger partial charge in [0.05, 0.1) is 11.8 Å². The number of alkyl halides is 3. The lowest BCUT2D eigenvalue weighted by molar-refractivity contribution is -0.165. The number of hydroxylamine groups is 2. The van der Waals surface area contributed by atoms with Gasteiger partial charge in [-0.3, -0.25) is 10.0 Å². The van der Waals surface area contributed by atoms with Gasteiger partial charge in [-0.1, -0.05) is 0 Å². The van der Waals surface area contributed by atoms with E-state index in [9.17, 15) is 31.6 Å². The van der Waals surface area contributed by atoms with E-state index in [0.717, 1.165) is 5.69 Å². The first-order valence-corrected chi connectivity index (χ1v) is 12.2. The molecule has 1 aromatic rings. The molecule has 9 nitrogen and oxygen atoms in total. The first-order valence-electron chi connectivity index (χ1n) is 10.6. The molecule has 1 atom stereocenters. The third-order valence-corrected chi connectivity index (χ3v) is 7.79. The fourth-order valence-electron chi connectivity index (χ4n) is 4.07. The molecule has 2 aliphatic rings. The van der Waals surface area contributed by atoms with Crippen molar-refractivity contribution in [2.24, 2.45) is 5.92 Å². The first-order chi connectivity index (χ1) is 15.6. The van der Waals surface area contributed by atoms with Crippen molar-refractivity contribution >= 4 is 22.1 Å². The van der Waals surface area contributed by atoms with E-state index in [1.54, 1.807) is 12.1 Å². The summed E-state index contributed by atoms with van der Waals surface area (Å²) >= 11 is 0. The highest BCUT2D eigenvalue weighted by Gasteiger charge is 2.36. The fourth-order valence-corrected chi connectivity index (χ4v) is 5.86. The molecule has 2 aliphatic heterocycles. The maximum atomic E-state index is 13.0. The van der Waals surface area contributed by atoms with E-state index in [4.69, 9.17) is 9.47 Å². The summed E-state index contributed by atoms with van der Waals surface area (Å²) in [5.74, 6) is -0.457. The molecule has 0 bridgehead atoms. The first kappa shape index (κ1) is 25.5. The van der Waals surface area contributed by atoms with Crippen LogP contribution in [0.25, 0.3) is 0 Å². The van der Waals surface area contributed by atoms with E-state index in [2.05, 4.69) is 0 Å². The Hall–Kier alpha value is -2.09. The zero-order chi connectivity index (χ0) is 24.1. The second kappa shape index (κ2) is 10.9. The summed E-state index contributed by atoms with van der Waals surface area (Å²) in [5.41, 5.74) is 0.744. The Kier molecular flexibility index (Phi) is 8.43. The van der Waals surface area contributed by atoms with Gasteiger partial charge >= 0.3 is 6.18 Å². The predicted molar refractivity (Wildman–Crippen MR) is 113 cm³/mol. The van der Waals surface area contributed by atoms with E-state index >= 15 is 0 Å². The molecule has 2 heterocycles. The van der Waals surface area contributed by atoms with Gasteiger partial charge in [0.1, 0.15) is 5.75 Å². The zero-order valence-corrected chi connectivity index (χ0v) is 18.8. The molecule has 0 radical (unpaired) electrons. The van der Waals surface area contributed by atoms with Gasteiger partial charge in [-0.05, 0) is 43.0 Å². The number of amides is 1. The fraction of sp³-hybridized carbons (Fsp3) is 0.650. The Morgan fingerprint density at radius 3 is 2.30 bits per heavy atom. The van der Waals surface area contributed by atoms with E-state index in [1.165, 1.54) is 16.4 Å². The van der Waals surface area contributed by atoms with Gasteiger partial charge in [-0.15, -0.1) is 0 Å². The molecule has 0 aliphatic carbocycles. The van der Waals surface area contributed by atoms with Gasteiger partial charge in [-0.2, -0.15) is 17.5 Å². The lowest BCUT2D eigenvalue weighted by atomic mass is 9.93. The maximum Gasteiger partial charge on any atom is 0.422 e. The van der Waals surface area contributed by atoms with E-state index in [-0.39, 0.29) is 36.9 Å². The van der Waals surface area contributed by atoms with Crippen LogP contribution in [-0.4, -0.2) is 93.4 Å². The number of rotatable bonds is 9. The summed E-state index contributed by atoms with van der Waals surface area (Å²) in [6.45, 7) is 0.733. The third-order valence-electron chi connectivity index (χ3n) is 5.88. The lowest BCUT2D eigenvalue weighted by Crippen LogP contribution is -2.53. The van der Waals surface area contributed by atoms with Crippen LogP contribution in [-0.2, 0) is 19.6 Å². The normalized spacial score (nSPS) is 19.8. The summed E-state index contributed by atoms with van der Waals surface area (Å²) < 4.78 is 74.2. The van der Waals surface area contributed by atoms with Gasteiger partial charge in [0.15, 0.2) is 6.61 Å². The highest BCUT2D eigenvalue weighted by Crippen LogP contribution is 2.26. The van der Waals surface area contributed by atoms with Gasteiger partial charge < -0.3 is 14.4 Å². The Balaban J connectivity index is 1.57. The van der Waals surface area contributed by atoms with Gasteiger partial charge in [0.2, 0.25) is 16.4 Å². The highest BCUT2D eigenvalue weighted by molar-refractivity contribution is 7.89. The smallest absolute Gasteiger partial charge is 0.422 e. The molecule has 3 rings (SSSR count). The molecule has 186 valence electrons. The average Bonchev–Trinajstić information content (AvgIpc) is 2.81. The summed E-state index contributed by atoms with van der Waals surface area (Å²) in [5, 5.41) is 10.4. The summed E-state index contributed by atoms with van der Waals surface area (Å²) in [6.07, 6.45) is -3.07. The van der Waals surface area contributed by atoms with Gasteiger partial charge in [0, 0.05) is 45.1 Å². The maximum absolute atomic E-state index is 13.0. The van der Waals surface area contributed by atoms with Crippen LogP contribution in [0.3, 0.4) is 0 Å². The van der Waals surface area contributed by atoms with Crippen LogP contribution in [0.15, 0.2) is 24.3 Å². The zero-order valence-electron chi connectivity index (χ0n) is 18.0. The highest BCUT2D eigenvalue weighted by atomic mass is 32.2. The molecule has 0 saturated carbocycles. The van der Waals surface area contributed by atoms with Crippen LogP contribution in [0, 0.1) is 5.92 Å². The molecule has 13 heteroatoms. The number of carbonyl (C=O) groups excluding carboxylic acids is 1. The number of anilines is 1. The van der Waals surface area contributed by atoms with Crippen molar-refractivity contribution in [1.29, 1.82) is 0 Å². The average molecular weight is 496 g/mol. The van der Waals surface area contributed by atoms with Crippen molar-refractivity contribution in [1.82, 2.24) is 9.37 Å². The second-order valence-electron chi connectivity index (χ2n) is 8.06. The van der Waals surface area contributed by atoms with Crippen molar-refractivity contribution in [3.8, 4) is 5.75 Å². The molecular weight excluding hydrogens is 467 g/mol. The van der Waals surface area contributed by atoms with Crippen molar-refractivity contribution < 1.29 is 41.1 Å². The monoisotopic (exact) mass is 495 g/mol. The predicted octanol–water partition coefficient (Wildman–Crippen LogP) is 1.72. The molecule has 1 amide bonds.